The van der Waals surface area contributed by atoms with Gasteiger partial charge < -0.3 is 0 Å². The minimum atomic E-state index is -2.69. The van der Waals surface area contributed by atoms with Crippen molar-refractivity contribution in [1.82, 2.24) is 0 Å². The van der Waals surface area contributed by atoms with Crippen LogP contribution in [0.3, 0.4) is 0 Å². The van der Waals surface area contributed by atoms with E-state index in [-0.39, 0.29) is 0 Å². The van der Waals surface area contributed by atoms with E-state index >= 15 is 0 Å². The largest absolute Gasteiger partial charge is 0.254 e. The summed E-state index contributed by atoms with van der Waals surface area (Å²) in [7, 11) is -2.69. The molecule has 0 aliphatic heterocycles. The minimum absolute atomic E-state index is 0.638. The van der Waals surface area contributed by atoms with E-state index in [0.717, 1.165) is 10.6 Å². The first-order chi connectivity index (χ1) is 13.4. The van der Waals surface area contributed by atoms with Crippen molar-refractivity contribution in [3.8, 4) is 12.1 Å². The van der Waals surface area contributed by atoms with Crippen molar-refractivity contribution in [2.45, 2.75) is 0 Å². The van der Waals surface area contributed by atoms with E-state index in [2.05, 4.69) is 4.74 Å². The van der Waals surface area contributed by atoms with Gasteiger partial charge in [0, 0.05) is 7.05 Å². The van der Waals surface area contributed by atoms with Crippen molar-refractivity contribution in [1.29, 1.82) is 10.5 Å². The average Bonchev–Trinajstić information content (AvgIpc) is 2.74. The van der Waals surface area contributed by atoms with Gasteiger partial charge in [-0.25, -0.2) is 13.2 Å². The highest BCUT2D eigenvalue weighted by Gasteiger charge is 2.28. The first-order valence-electron chi connectivity index (χ1n) is 8.15. The van der Waals surface area contributed by atoms with Crippen LogP contribution in [0.25, 0.3) is 0 Å². The third kappa shape index (κ3) is 3.20. The Morgan fingerprint density at radius 1 is 0.714 bits per heavy atom. The first-order valence-corrected chi connectivity index (χ1v) is 10.3. The van der Waals surface area contributed by atoms with Crippen LogP contribution in [-0.4, -0.2) is 6.66 Å². The summed E-state index contributed by atoms with van der Waals surface area (Å²) in [6.07, 6.45) is 0. The molecule has 0 radical (unpaired) electrons. The fourth-order valence-corrected chi connectivity index (χ4v) is 5.47. The topological polar surface area (TPSA) is 59.9 Å². The highest BCUT2D eigenvalue weighted by molar-refractivity contribution is 7.80. The molecule has 0 spiro atoms. The van der Waals surface area contributed by atoms with Gasteiger partial charge in [-0.1, -0.05) is 60.7 Å². The molecule has 3 aromatic carbocycles. The van der Waals surface area contributed by atoms with Gasteiger partial charge >= 0.3 is 0 Å². The molecule has 0 aliphatic rings. The number of halogens is 3. The van der Waals surface area contributed by atoms with Crippen LogP contribution in [0.15, 0.2) is 65.4 Å². The van der Waals surface area contributed by atoms with E-state index in [1.54, 1.807) is 55.2 Å². The molecule has 0 amide bonds. The van der Waals surface area contributed by atoms with Gasteiger partial charge in [0.05, 0.1) is 0 Å². The fraction of sp³-hybridized carbons (Fsp3) is 0.0476. The van der Waals surface area contributed by atoms with Crippen molar-refractivity contribution < 1.29 is 13.2 Å². The zero-order chi connectivity index (χ0) is 20.3. The quantitative estimate of drug-likeness (QED) is 0.465. The van der Waals surface area contributed by atoms with Gasteiger partial charge in [-0.2, -0.15) is 10.5 Å². The molecule has 0 saturated heterocycles. The van der Waals surface area contributed by atoms with E-state index in [0.29, 0.717) is 0 Å². The number of hydrogen-bond acceptors (Lipinski definition) is 3. The second-order valence-corrected chi connectivity index (χ2v) is 9.15. The van der Waals surface area contributed by atoms with Crippen molar-refractivity contribution in [3.05, 3.63) is 89.2 Å². The van der Waals surface area contributed by atoms with Gasteiger partial charge in [-0.3, -0.25) is 4.74 Å². The smallest absolute Gasteiger partial charge is 0.181 e. The van der Waals surface area contributed by atoms with E-state index in [4.69, 9.17) is 5.26 Å². The maximum Gasteiger partial charge on any atom is 0.181 e. The lowest BCUT2D eigenvalue weighted by molar-refractivity contribution is 0.490. The second kappa shape index (κ2) is 7.72. The zero-order valence-electron chi connectivity index (χ0n) is 14.7. The standard InChI is InChI=1S/C21H13F3N3P/c1-28(14-8-4-2-5-9-14,15-10-6-3-7-11-15)27-21-17(13-26)19(23)18(22)16(12-25)20(21)24/h2-11H,1H3. The van der Waals surface area contributed by atoms with E-state index in [1.807, 2.05) is 12.1 Å². The van der Waals surface area contributed by atoms with Crippen LogP contribution in [-0.2, 0) is 0 Å². The third-order valence-electron chi connectivity index (χ3n) is 4.34. The van der Waals surface area contributed by atoms with Crippen molar-refractivity contribution >= 4 is 23.4 Å². The minimum Gasteiger partial charge on any atom is -0.254 e. The predicted octanol–water partition coefficient (Wildman–Crippen LogP) is 4.96. The van der Waals surface area contributed by atoms with Crippen LogP contribution in [0.5, 0.6) is 0 Å². The molecule has 0 atom stereocenters. The molecule has 0 unspecified atom stereocenters. The lowest BCUT2D eigenvalue weighted by Gasteiger charge is -2.22. The molecule has 0 saturated carbocycles. The van der Waals surface area contributed by atoms with Gasteiger partial charge in [0.2, 0.25) is 0 Å². The molecule has 0 N–H and O–H groups in total. The Morgan fingerprint density at radius 3 is 1.57 bits per heavy atom. The van der Waals surface area contributed by atoms with Crippen LogP contribution in [0.2, 0.25) is 0 Å². The summed E-state index contributed by atoms with van der Waals surface area (Å²) in [5.74, 6) is -4.60. The molecule has 28 heavy (non-hydrogen) atoms. The molecular weight excluding hydrogens is 382 g/mol. The normalized spacial score (nSPS) is 10.8. The van der Waals surface area contributed by atoms with Crippen molar-refractivity contribution in [3.63, 3.8) is 0 Å². The molecule has 0 aliphatic carbocycles. The fourth-order valence-electron chi connectivity index (χ4n) is 2.84. The Hall–Kier alpha value is -3.34. The van der Waals surface area contributed by atoms with Crippen LogP contribution in [0.4, 0.5) is 18.9 Å². The second-order valence-electron chi connectivity index (χ2n) is 5.99. The summed E-state index contributed by atoms with van der Waals surface area (Å²) in [5, 5.41) is 19.8. The summed E-state index contributed by atoms with van der Waals surface area (Å²) in [6, 6.07) is 20.8. The molecule has 3 nitrogen and oxygen atoms in total. The predicted molar refractivity (Wildman–Crippen MR) is 103 cm³/mol. The molecule has 7 heteroatoms. The number of benzene rings is 3. The molecule has 3 rings (SSSR count). The van der Waals surface area contributed by atoms with Crippen LogP contribution in [0.1, 0.15) is 11.1 Å². The molecular formula is C21H13F3N3P. The molecule has 0 aromatic heterocycles. The summed E-state index contributed by atoms with van der Waals surface area (Å²) < 4.78 is 47.6. The maximum atomic E-state index is 14.9. The van der Waals surface area contributed by atoms with E-state index in [9.17, 15) is 18.4 Å². The van der Waals surface area contributed by atoms with Crippen molar-refractivity contribution in [2.24, 2.45) is 4.74 Å². The van der Waals surface area contributed by atoms with Gasteiger partial charge in [0.25, 0.3) is 0 Å². The highest BCUT2D eigenvalue weighted by Crippen LogP contribution is 2.48. The maximum absolute atomic E-state index is 14.9. The Balaban J connectivity index is 2.47. The Kier molecular flexibility index (Phi) is 5.36. The number of hydrogen-bond donors (Lipinski definition) is 0. The number of rotatable bonds is 3. The van der Waals surface area contributed by atoms with Gasteiger partial charge in [-0.05, 0) is 17.3 Å². The monoisotopic (exact) mass is 395 g/mol. The average molecular weight is 395 g/mol. The van der Waals surface area contributed by atoms with Crippen LogP contribution < -0.4 is 10.6 Å². The van der Waals surface area contributed by atoms with E-state index in [1.165, 1.54) is 12.1 Å². The molecule has 0 fully saturated rings. The van der Waals surface area contributed by atoms with Gasteiger partial charge in [-0.15, -0.1) is 0 Å². The number of nitriles is 2. The summed E-state index contributed by atoms with van der Waals surface area (Å²) in [5.41, 5.74) is -2.59. The van der Waals surface area contributed by atoms with Gasteiger partial charge in [0.1, 0.15) is 29.0 Å². The number of nitrogens with zero attached hydrogens (tertiary/aromatic N) is 3. The zero-order valence-corrected chi connectivity index (χ0v) is 15.6. The van der Waals surface area contributed by atoms with Gasteiger partial charge in [0.15, 0.2) is 17.5 Å². The Bertz CT molecular complexity index is 1130. The summed E-state index contributed by atoms with van der Waals surface area (Å²) in [6.45, 7) is 1.78. The lowest BCUT2D eigenvalue weighted by Crippen LogP contribution is -2.15. The molecule has 0 bridgehead atoms. The van der Waals surface area contributed by atoms with Crippen LogP contribution >= 0.6 is 7.05 Å². The molecule has 138 valence electrons. The SMILES string of the molecule is CP(=Nc1c(F)c(C#N)c(F)c(F)c1C#N)(c1ccccc1)c1ccccc1. The summed E-state index contributed by atoms with van der Waals surface area (Å²) in [4.78, 5) is 0. The summed E-state index contributed by atoms with van der Waals surface area (Å²) >= 11 is 0. The highest BCUT2D eigenvalue weighted by atomic mass is 31.2. The molecule has 0 heterocycles. The van der Waals surface area contributed by atoms with Crippen molar-refractivity contribution in [2.75, 3.05) is 6.66 Å². The lowest BCUT2D eigenvalue weighted by atomic mass is 10.1. The third-order valence-corrected chi connectivity index (χ3v) is 7.54. The van der Waals surface area contributed by atoms with Crippen LogP contribution in [0, 0.1) is 40.1 Å². The first kappa shape index (κ1) is 19.4. The van der Waals surface area contributed by atoms with E-state index < -0.39 is 41.3 Å². The Morgan fingerprint density at radius 2 is 1.14 bits per heavy atom. The Labute approximate surface area is 160 Å². The molecule has 3 aromatic rings.